The van der Waals surface area contributed by atoms with Gasteiger partial charge in [-0.2, -0.15) is 0 Å². The first-order chi connectivity index (χ1) is 10.8. The molecule has 3 atom stereocenters. The van der Waals surface area contributed by atoms with E-state index in [1.165, 1.54) is 37.7 Å². The van der Waals surface area contributed by atoms with Crippen molar-refractivity contribution >= 4 is 5.91 Å². The summed E-state index contributed by atoms with van der Waals surface area (Å²) in [6.07, 6.45) is 8.66. The predicted molar refractivity (Wildman–Crippen MR) is 83.6 cm³/mol. The minimum absolute atomic E-state index is 0.197. The number of para-hydroxylation sites is 1. The highest BCUT2D eigenvalue weighted by atomic mass is 16.5. The smallest absolute Gasteiger partial charge is 0.226 e. The second kappa shape index (κ2) is 4.50. The molecular formula is C19H23NO2. The van der Waals surface area contributed by atoms with Crippen LogP contribution in [0.15, 0.2) is 24.3 Å². The van der Waals surface area contributed by atoms with Gasteiger partial charge in [-0.25, -0.2) is 0 Å². The first-order valence-electron chi connectivity index (χ1n) is 8.83. The molecule has 3 heteroatoms. The number of hydrogen-bond donors (Lipinski definition) is 0. The van der Waals surface area contributed by atoms with Crippen LogP contribution in [0.1, 0.15) is 56.6 Å². The summed E-state index contributed by atoms with van der Waals surface area (Å²) in [5.41, 5.74) is 1.59. The van der Waals surface area contributed by atoms with Crippen LogP contribution >= 0.6 is 0 Å². The van der Waals surface area contributed by atoms with E-state index in [0.29, 0.717) is 11.3 Å². The standard InChI is InChI=1S/C19H23NO2/c21-18(15-6-3-4-8-19(15)9-10-19)20-12-13-11-16(20)14-5-1-2-7-17(14)22-13/h1-2,5,7,13,15-16H,3-4,6,8-12H2/t13-,15-,16-/m0/s1. The number of benzene rings is 1. The Morgan fingerprint density at radius 1 is 1.18 bits per heavy atom. The topological polar surface area (TPSA) is 29.5 Å². The fourth-order valence-electron chi connectivity index (χ4n) is 5.11. The van der Waals surface area contributed by atoms with Crippen molar-refractivity contribution in [3.8, 4) is 5.75 Å². The zero-order valence-electron chi connectivity index (χ0n) is 13.0. The quantitative estimate of drug-likeness (QED) is 0.791. The van der Waals surface area contributed by atoms with Gasteiger partial charge in [0.2, 0.25) is 5.91 Å². The number of carbonyl (C=O) groups excluding carboxylic acids is 1. The highest BCUT2D eigenvalue weighted by molar-refractivity contribution is 5.81. The van der Waals surface area contributed by atoms with E-state index in [9.17, 15) is 4.79 Å². The van der Waals surface area contributed by atoms with Crippen molar-refractivity contribution < 1.29 is 9.53 Å². The predicted octanol–water partition coefficient (Wildman–Crippen LogP) is 3.69. The number of fused-ring (bicyclic) bond motifs is 4. The lowest BCUT2D eigenvalue weighted by Crippen LogP contribution is -2.41. The Labute approximate surface area is 131 Å². The lowest BCUT2D eigenvalue weighted by Gasteiger charge is -2.35. The number of amides is 1. The van der Waals surface area contributed by atoms with Gasteiger partial charge in [0.1, 0.15) is 11.9 Å². The van der Waals surface area contributed by atoms with Gasteiger partial charge in [-0.1, -0.05) is 31.0 Å². The molecule has 0 aromatic heterocycles. The van der Waals surface area contributed by atoms with Gasteiger partial charge < -0.3 is 9.64 Å². The van der Waals surface area contributed by atoms with E-state index in [-0.39, 0.29) is 18.1 Å². The molecule has 1 aromatic carbocycles. The van der Waals surface area contributed by atoms with Gasteiger partial charge in [-0.15, -0.1) is 0 Å². The zero-order chi connectivity index (χ0) is 14.7. The maximum absolute atomic E-state index is 13.3. The van der Waals surface area contributed by atoms with Crippen LogP contribution in [-0.2, 0) is 4.79 Å². The Bertz CT molecular complexity index is 622. The Kier molecular flexibility index (Phi) is 2.65. The fourth-order valence-corrected chi connectivity index (χ4v) is 5.11. The second-order valence-electron chi connectivity index (χ2n) is 7.68. The summed E-state index contributed by atoms with van der Waals surface area (Å²) >= 11 is 0. The molecule has 4 aliphatic rings. The van der Waals surface area contributed by atoms with Crippen molar-refractivity contribution in [2.24, 2.45) is 11.3 Å². The maximum Gasteiger partial charge on any atom is 0.226 e. The number of likely N-dealkylation sites (tertiary alicyclic amines) is 1. The first kappa shape index (κ1) is 13.0. The maximum atomic E-state index is 13.3. The largest absolute Gasteiger partial charge is 0.488 e. The highest BCUT2D eigenvalue weighted by Crippen LogP contribution is 2.60. The molecule has 2 aliphatic heterocycles. The van der Waals surface area contributed by atoms with E-state index in [1.807, 2.05) is 12.1 Å². The minimum Gasteiger partial charge on any atom is -0.488 e. The van der Waals surface area contributed by atoms with Gasteiger partial charge in [-0.3, -0.25) is 4.79 Å². The third kappa shape index (κ3) is 1.77. The summed E-state index contributed by atoms with van der Waals surface area (Å²) in [5, 5.41) is 0. The molecule has 2 aliphatic carbocycles. The molecule has 2 bridgehead atoms. The van der Waals surface area contributed by atoms with Crippen LogP contribution in [-0.4, -0.2) is 23.5 Å². The third-order valence-corrected chi connectivity index (χ3v) is 6.46. The Morgan fingerprint density at radius 3 is 2.91 bits per heavy atom. The summed E-state index contributed by atoms with van der Waals surface area (Å²) in [4.78, 5) is 15.4. The molecule has 1 saturated heterocycles. The van der Waals surface area contributed by atoms with Crippen molar-refractivity contribution in [3.05, 3.63) is 29.8 Å². The summed E-state index contributed by atoms with van der Waals surface area (Å²) in [5.74, 6) is 1.70. The van der Waals surface area contributed by atoms with E-state index in [1.54, 1.807) is 0 Å². The molecule has 5 rings (SSSR count). The van der Waals surface area contributed by atoms with Crippen molar-refractivity contribution in [1.29, 1.82) is 0 Å². The third-order valence-electron chi connectivity index (χ3n) is 6.46. The molecule has 1 amide bonds. The molecular weight excluding hydrogens is 274 g/mol. The minimum atomic E-state index is 0.197. The SMILES string of the molecule is O=C([C@@H]1CCCCC12CC2)N1C[C@@H]2C[C@H]1c1ccccc1O2. The molecule has 1 spiro atoms. The number of carbonyl (C=O) groups is 1. The van der Waals surface area contributed by atoms with Gasteiger partial charge in [-0.05, 0) is 37.2 Å². The van der Waals surface area contributed by atoms with Crippen LogP contribution in [0.4, 0.5) is 0 Å². The molecule has 3 nitrogen and oxygen atoms in total. The van der Waals surface area contributed by atoms with Crippen LogP contribution in [0.5, 0.6) is 5.75 Å². The molecule has 2 saturated carbocycles. The molecule has 1 aromatic rings. The average Bonchev–Trinajstić information content (AvgIpc) is 3.22. The van der Waals surface area contributed by atoms with Gasteiger partial charge in [0.05, 0.1) is 12.6 Å². The van der Waals surface area contributed by atoms with Crippen molar-refractivity contribution in [3.63, 3.8) is 0 Å². The van der Waals surface area contributed by atoms with Gasteiger partial charge in [0, 0.05) is 17.9 Å². The molecule has 22 heavy (non-hydrogen) atoms. The van der Waals surface area contributed by atoms with Gasteiger partial charge in [0.25, 0.3) is 0 Å². The summed E-state index contributed by atoms with van der Waals surface area (Å²) in [7, 11) is 0. The first-order valence-corrected chi connectivity index (χ1v) is 8.83. The summed E-state index contributed by atoms with van der Waals surface area (Å²) in [6.45, 7) is 0.782. The zero-order valence-corrected chi connectivity index (χ0v) is 13.0. The van der Waals surface area contributed by atoms with E-state index >= 15 is 0 Å². The lowest BCUT2D eigenvalue weighted by molar-refractivity contribution is -0.140. The van der Waals surface area contributed by atoms with Gasteiger partial charge in [0.15, 0.2) is 0 Å². The van der Waals surface area contributed by atoms with Crippen LogP contribution in [0.3, 0.4) is 0 Å². The lowest BCUT2D eigenvalue weighted by atomic mass is 9.75. The van der Waals surface area contributed by atoms with E-state index in [4.69, 9.17) is 4.74 Å². The molecule has 3 fully saturated rings. The summed E-state index contributed by atoms with van der Waals surface area (Å²) in [6, 6.07) is 8.52. The van der Waals surface area contributed by atoms with E-state index < -0.39 is 0 Å². The second-order valence-corrected chi connectivity index (χ2v) is 7.68. The monoisotopic (exact) mass is 297 g/mol. The van der Waals surface area contributed by atoms with Crippen molar-refractivity contribution in [1.82, 2.24) is 4.90 Å². The van der Waals surface area contributed by atoms with Crippen LogP contribution in [0, 0.1) is 11.3 Å². The van der Waals surface area contributed by atoms with Crippen molar-refractivity contribution in [2.45, 2.75) is 57.1 Å². The number of nitrogens with zero attached hydrogens (tertiary/aromatic N) is 1. The number of rotatable bonds is 1. The van der Waals surface area contributed by atoms with Gasteiger partial charge >= 0.3 is 0 Å². The van der Waals surface area contributed by atoms with Crippen molar-refractivity contribution in [2.75, 3.05) is 6.54 Å². The molecule has 0 radical (unpaired) electrons. The highest BCUT2D eigenvalue weighted by Gasteiger charge is 2.55. The molecule has 116 valence electrons. The van der Waals surface area contributed by atoms with Crippen LogP contribution in [0.25, 0.3) is 0 Å². The average molecular weight is 297 g/mol. The molecule has 2 heterocycles. The van der Waals surface area contributed by atoms with E-state index in [0.717, 1.165) is 25.1 Å². The number of ether oxygens (including phenoxy) is 1. The normalized spacial score (nSPS) is 34.2. The Balaban J connectivity index is 1.45. The summed E-state index contributed by atoms with van der Waals surface area (Å²) < 4.78 is 6.06. The Morgan fingerprint density at radius 2 is 2.05 bits per heavy atom. The Hall–Kier alpha value is -1.51. The van der Waals surface area contributed by atoms with Crippen LogP contribution in [0.2, 0.25) is 0 Å². The van der Waals surface area contributed by atoms with E-state index in [2.05, 4.69) is 17.0 Å². The fraction of sp³-hybridized carbons (Fsp3) is 0.632. The molecule has 0 unspecified atom stereocenters. The number of hydrogen-bond acceptors (Lipinski definition) is 2. The molecule has 0 N–H and O–H groups in total. The van der Waals surface area contributed by atoms with Crippen LogP contribution < -0.4 is 4.74 Å².